The quantitative estimate of drug-likeness (QED) is 0.138. The van der Waals surface area contributed by atoms with Gasteiger partial charge >= 0.3 is 0 Å². The first-order valence-electron chi connectivity index (χ1n) is 19.0. The maximum absolute atomic E-state index is 13.9. The number of benzene rings is 4. The molecule has 9 nitrogen and oxygen atoms in total. The van der Waals surface area contributed by atoms with Gasteiger partial charge in [-0.25, -0.2) is 8.42 Å². The molecule has 3 aliphatic rings. The number of amides is 1. The molecule has 2 unspecified atom stereocenters. The third-order valence-corrected chi connectivity index (χ3v) is 12.7. The van der Waals surface area contributed by atoms with E-state index >= 15 is 0 Å². The normalized spacial score (nSPS) is 25.9. The van der Waals surface area contributed by atoms with Gasteiger partial charge in [0.15, 0.2) is 6.29 Å². The first-order valence-corrected chi connectivity index (χ1v) is 20.5. The molecule has 54 heavy (non-hydrogen) atoms. The molecule has 3 fully saturated rings. The van der Waals surface area contributed by atoms with Crippen molar-refractivity contribution in [1.29, 1.82) is 0 Å². The van der Waals surface area contributed by atoms with Crippen LogP contribution in [0.2, 0.25) is 0 Å². The topological polar surface area (TPSA) is 117 Å². The van der Waals surface area contributed by atoms with Crippen LogP contribution in [0, 0.1) is 17.8 Å². The second kappa shape index (κ2) is 15.7. The van der Waals surface area contributed by atoms with Gasteiger partial charge in [-0.05, 0) is 84.4 Å². The molecule has 4 aromatic rings. The summed E-state index contributed by atoms with van der Waals surface area (Å²) < 4.78 is 43.0. The number of aryl methyl sites for hydroxylation is 1. The number of aliphatic hydroxyl groups is 1. The molecule has 4 aromatic carbocycles. The summed E-state index contributed by atoms with van der Waals surface area (Å²) in [5.41, 5.74) is 5.50. The fourth-order valence-electron chi connectivity index (χ4n) is 9.09. The Labute approximate surface area is 320 Å². The van der Waals surface area contributed by atoms with E-state index in [9.17, 15) is 18.3 Å². The average molecular weight is 752 g/mol. The van der Waals surface area contributed by atoms with E-state index in [1.807, 2.05) is 79.7 Å². The molecule has 2 saturated heterocycles. The molecule has 2 aliphatic heterocycles. The predicted octanol–water partition coefficient (Wildman–Crippen LogP) is 7.46. The molecule has 1 saturated carbocycles. The van der Waals surface area contributed by atoms with Crippen molar-refractivity contribution in [2.45, 2.75) is 102 Å². The van der Waals surface area contributed by atoms with Gasteiger partial charge in [0.25, 0.3) is 0 Å². The van der Waals surface area contributed by atoms with Crippen LogP contribution in [0.5, 0.6) is 0 Å². The third kappa shape index (κ3) is 9.13. The van der Waals surface area contributed by atoms with Gasteiger partial charge in [0, 0.05) is 36.8 Å². The number of sulfonamides is 1. The van der Waals surface area contributed by atoms with Crippen molar-refractivity contribution in [3.8, 4) is 0 Å². The van der Waals surface area contributed by atoms with Crippen LogP contribution < -0.4 is 10.0 Å². The zero-order valence-electron chi connectivity index (χ0n) is 31.7. The summed E-state index contributed by atoms with van der Waals surface area (Å²) >= 11 is 0. The summed E-state index contributed by atoms with van der Waals surface area (Å²) in [7, 11) is -4.00. The Bertz CT molecular complexity index is 2020. The number of fused-ring (bicyclic) bond motifs is 2. The number of hydrogen-bond acceptors (Lipinski definition) is 7. The number of anilines is 1. The Morgan fingerprint density at radius 2 is 1.63 bits per heavy atom. The van der Waals surface area contributed by atoms with Gasteiger partial charge in [-0.15, -0.1) is 0 Å². The summed E-state index contributed by atoms with van der Waals surface area (Å²) in [6.07, 6.45) is 3.44. The maximum atomic E-state index is 13.9. The van der Waals surface area contributed by atoms with Gasteiger partial charge in [0.05, 0.1) is 23.7 Å². The van der Waals surface area contributed by atoms with Crippen LogP contribution >= 0.6 is 0 Å². The number of nitrogens with one attached hydrogen (secondary N) is 2. The van der Waals surface area contributed by atoms with Crippen LogP contribution in [0.3, 0.4) is 0 Å². The van der Waals surface area contributed by atoms with Crippen molar-refractivity contribution in [2.75, 3.05) is 18.4 Å². The van der Waals surface area contributed by atoms with Crippen molar-refractivity contribution in [3.05, 3.63) is 131 Å². The summed E-state index contributed by atoms with van der Waals surface area (Å²) in [5.74, 6) is -0.478. The maximum Gasteiger partial charge on any atom is 0.242 e. The van der Waals surface area contributed by atoms with Crippen LogP contribution in [-0.2, 0) is 37.3 Å². The molecule has 10 heteroatoms. The Hall–Kier alpha value is -3.90. The standard InChI is InChI=1S/C44H53N3O6S/c1-30-13-19-38(20-14-30)54(50,51)46-39(21-31-9-6-5-7-10-31)41(49)45-35-12-8-11-34(22-35)42-52-37(23-40(53-42)33-17-15-32(27-48)16-18-33)26-47-29-44(4)25-36(47)24-43(2,3)28-44/h5-20,22,36-37,39-40,42,46,48H,21,23-29H2,1-4H3,(H,45,49)/t36?,37-,39+,40+,42+,44?/m0/s1. The van der Waals surface area contributed by atoms with E-state index in [1.54, 1.807) is 30.3 Å². The van der Waals surface area contributed by atoms with Crippen molar-refractivity contribution in [3.63, 3.8) is 0 Å². The van der Waals surface area contributed by atoms with Crippen molar-refractivity contribution < 1.29 is 27.8 Å². The number of carbonyl (C=O) groups excluding carboxylic acids is 1. The molecule has 7 rings (SSSR count). The first-order chi connectivity index (χ1) is 25.8. The first kappa shape index (κ1) is 38.4. The fraction of sp³-hybridized carbons (Fsp3) is 0.432. The second-order valence-corrected chi connectivity index (χ2v) is 18.5. The lowest BCUT2D eigenvalue weighted by molar-refractivity contribution is -0.253. The van der Waals surface area contributed by atoms with Crippen LogP contribution in [0.25, 0.3) is 0 Å². The van der Waals surface area contributed by atoms with Crippen molar-refractivity contribution in [1.82, 2.24) is 9.62 Å². The Morgan fingerprint density at radius 1 is 0.889 bits per heavy atom. The van der Waals surface area contributed by atoms with Gasteiger partial charge in [-0.2, -0.15) is 4.72 Å². The minimum Gasteiger partial charge on any atom is -0.392 e. The molecular formula is C44H53N3O6S. The molecular weight excluding hydrogens is 699 g/mol. The summed E-state index contributed by atoms with van der Waals surface area (Å²) in [5, 5.41) is 12.6. The lowest BCUT2D eigenvalue weighted by atomic mass is 9.65. The van der Waals surface area contributed by atoms with Gasteiger partial charge < -0.3 is 19.9 Å². The monoisotopic (exact) mass is 751 g/mol. The number of ether oxygens (including phenoxy) is 2. The van der Waals surface area contributed by atoms with Gasteiger partial charge in [0.2, 0.25) is 15.9 Å². The minimum absolute atomic E-state index is 0.0241. The van der Waals surface area contributed by atoms with E-state index in [0.29, 0.717) is 29.0 Å². The Balaban J connectivity index is 1.11. The van der Waals surface area contributed by atoms with Gasteiger partial charge in [0.1, 0.15) is 6.04 Å². The van der Waals surface area contributed by atoms with Crippen molar-refractivity contribution >= 4 is 21.6 Å². The highest BCUT2D eigenvalue weighted by molar-refractivity contribution is 7.89. The molecule has 3 N–H and O–H groups in total. The van der Waals surface area contributed by atoms with Gasteiger partial charge in [-0.1, -0.05) is 105 Å². The molecule has 2 heterocycles. The molecule has 0 radical (unpaired) electrons. The lowest BCUT2D eigenvalue weighted by Crippen LogP contribution is -2.45. The van der Waals surface area contributed by atoms with Crippen LogP contribution in [0.1, 0.15) is 86.7 Å². The highest BCUT2D eigenvalue weighted by Crippen LogP contribution is 2.53. The molecule has 0 spiro atoms. The SMILES string of the molecule is Cc1ccc(S(=O)(=O)N[C@H](Cc2ccccc2)C(=O)Nc2cccc([C@@H]3O[C@H](CN4CC5(C)CC4CC(C)(C)C5)C[C@H](c4ccc(CO)cc4)O3)c2)cc1. The lowest BCUT2D eigenvalue weighted by Gasteiger charge is -2.41. The average Bonchev–Trinajstić information content (AvgIpc) is 3.38. The summed E-state index contributed by atoms with van der Waals surface area (Å²) in [6.45, 7) is 10.9. The number of nitrogens with zero attached hydrogens (tertiary/aromatic N) is 1. The number of carbonyl (C=O) groups is 1. The smallest absolute Gasteiger partial charge is 0.242 e. The zero-order chi connectivity index (χ0) is 38.1. The molecule has 1 amide bonds. The largest absolute Gasteiger partial charge is 0.392 e. The van der Waals surface area contributed by atoms with Crippen LogP contribution in [-0.4, -0.2) is 55.6 Å². The molecule has 286 valence electrons. The molecule has 0 aromatic heterocycles. The van der Waals surface area contributed by atoms with Gasteiger partial charge in [-0.3, -0.25) is 9.69 Å². The van der Waals surface area contributed by atoms with Crippen LogP contribution in [0.4, 0.5) is 5.69 Å². The minimum atomic E-state index is -4.00. The van der Waals surface area contributed by atoms with E-state index < -0.39 is 28.3 Å². The molecule has 6 atom stereocenters. The van der Waals surface area contributed by atoms with E-state index in [4.69, 9.17) is 9.47 Å². The van der Waals surface area contributed by atoms with Crippen LogP contribution in [0.15, 0.2) is 108 Å². The Morgan fingerprint density at radius 3 is 2.35 bits per heavy atom. The van der Waals surface area contributed by atoms with Crippen molar-refractivity contribution in [2.24, 2.45) is 10.8 Å². The molecule has 2 bridgehead atoms. The second-order valence-electron chi connectivity index (χ2n) is 16.8. The number of aliphatic hydroxyl groups excluding tert-OH is 1. The summed E-state index contributed by atoms with van der Waals surface area (Å²) in [6, 6.07) is 30.7. The highest BCUT2D eigenvalue weighted by Gasteiger charge is 2.50. The number of likely N-dealkylation sites (tertiary alicyclic amines) is 1. The van der Waals surface area contributed by atoms with E-state index in [2.05, 4.69) is 35.7 Å². The Kier molecular flexibility index (Phi) is 11.1. The number of rotatable bonds is 12. The zero-order valence-corrected chi connectivity index (χ0v) is 32.5. The predicted molar refractivity (Wildman–Crippen MR) is 210 cm³/mol. The van der Waals surface area contributed by atoms with E-state index in [1.165, 1.54) is 19.3 Å². The fourth-order valence-corrected chi connectivity index (χ4v) is 10.3. The van der Waals surface area contributed by atoms with E-state index in [-0.39, 0.29) is 30.1 Å². The number of hydrogen-bond donors (Lipinski definition) is 3. The third-order valence-electron chi connectivity index (χ3n) is 11.2. The van der Waals surface area contributed by atoms with E-state index in [0.717, 1.165) is 40.9 Å². The molecule has 1 aliphatic carbocycles. The highest BCUT2D eigenvalue weighted by atomic mass is 32.2. The summed E-state index contributed by atoms with van der Waals surface area (Å²) in [4.78, 5) is 16.7.